The fourth-order valence-corrected chi connectivity index (χ4v) is 4.10. The summed E-state index contributed by atoms with van der Waals surface area (Å²) in [6.07, 6.45) is 2.86. The summed E-state index contributed by atoms with van der Waals surface area (Å²) in [5.41, 5.74) is -0.306. The van der Waals surface area contributed by atoms with Crippen molar-refractivity contribution >= 4 is 5.91 Å². The van der Waals surface area contributed by atoms with E-state index in [-0.39, 0.29) is 5.41 Å². The number of hydrogen-bond acceptors (Lipinski definition) is 5. The van der Waals surface area contributed by atoms with E-state index >= 15 is 0 Å². The third-order valence-electron chi connectivity index (χ3n) is 5.45. The quantitative estimate of drug-likeness (QED) is 0.788. The first-order chi connectivity index (χ1) is 10.7. The third-order valence-corrected chi connectivity index (χ3v) is 5.45. The second-order valence-corrected chi connectivity index (χ2v) is 6.81. The van der Waals surface area contributed by atoms with Crippen molar-refractivity contribution in [2.24, 2.45) is 5.41 Å². The maximum absolute atomic E-state index is 13.1. The Bertz CT molecular complexity index is 373. The van der Waals surface area contributed by atoms with E-state index in [1.807, 2.05) is 0 Å². The van der Waals surface area contributed by atoms with Crippen LogP contribution in [0, 0.1) is 5.41 Å². The van der Waals surface area contributed by atoms with Crippen LogP contribution in [0.2, 0.25) is 0 Å². The van der Waals surface area contributed by atoms with Crippen LogP contribution < -0.4 is 5.32 Å². The SMILES string of the molecule is COCC1(C(=O)N2CCC(N3CCOCC3)C2)CCNCC1. The van der Waals surface area contributed by atoms with Crippen molar-refractivity contribution < 1.29 is 14.3 Å². The van der Waals surface area contributed by atoms with Gasteiger partial charge in [0.25, 0.3) is 0 Å². The average Bonchev–Trinajstić information content (AvgIpc) is 3.06. The van der Waals surface area contributed by atoms with Crippen LogP contribution in [0.15, 0.2) is 0 Å². The second kappa shape index (κ2) is 7.25. The predicted octanol–water partition coefficient (Wildman–Crippen LogP) is -0.0643. The summed E-state index contributed by atoms with van der Waals surface area (Å²) in [6, 6.07) is 0.508. The number of piperidine rings is 1. The van der Waals surface area contributed by atoms with Gasteiger partial charge in [-0.1, -0.05) is 0 Å². The number of amides is 1. The van der Waals surface area contributed by atoms with Gasteiger partial charge in [-0.25, -0.2) is 0 Å². The minimum absolute atomic E-state index is 0.306. The molecule has 0 bridgehead atoms. The lowest BCUT2D eigenvalue weighted by Crippen LogP contribution is -2.52. The van der Waals surface area contributed by atoms with E-state index in [1.165, 1.54) is 0 Å². The maximum atomic E-state index is 13.1. The number of likely N-dealkylation sites (tertiary alicyclic amines) is 1. The Morgan fingerprint density at radius 2 is 2.00 bits per heavy atom. The zero-order valence-electron chi connectivity index (χ0n) is 13.7. The monoisotopic (exact) mass is 311 g/mol. The van der Waals surface area contributed by atoms with Crippen molar-refractivity contribution in [3.8, 4) is 0 Å². The molecular weight excluding hydrogens is 282 g/mol. The second-order valence-electron chi connectivity index (χ2n) is 6.81. The highest BCUT2D eigenvalue weighted by Crippen LogP contribution is 2.33. The highest BCUT2D eigenvalue weighted by molar-refractivity contribution is 5.83. The van der Waals surface area contributed by atoms with Gasteiger partial charge in [0.2, 0.25) is 5.91 Å². The Balaban J connectivity index is 1.61. The highest BCUT2D eigenvalue weighted by atomic mass is 16.5. The number of nitrogens with zero attached hydrogens (tertiary/aromatic N) is 2. The van der Waals surface area contributed by atoms with Crippen molar-refractivity contribution in [3.05, 3.63) is 0 Å². The summed E-state index contributed by atoms with van der Waals surface area (Å²) in [7, 11) is 1.71. The van der Waals surface area contributed by atoms with Crippen molar-refractivity contribution in [1.29, 1.82) is 0 Å². The van der Waals surface area contributed by atoms with Crippen molar-refractivity contribution in [2.75, 3.05) is 66.2 Å². The molecule has 126 valence electrons. The lowest BCUT2D eigenvalue weighted by molar-refractivity contribution is -0.146. The molecule has 0 radical (unpaired) electrons. The number of morpholine rings is 1. The molecule has 1 unspecified atom stereocenters. The number of rotatable bonds is 4. The van der Waals surface area contributed by atoms with Crippen molar-refractivity contribution in [3.63, 3.8) is 0 Å². The summed E-state index contributed by atoms with van der Waals surface area (Å²) in [5.74, 6) is 0.312. The Hall–Kier alpha value is -0.690. The zero-order chi connectivity index (χ0) is 15.4. The Morgan fingerprint density at radius 3 is 2.68 bits per heavy atom. The molecule has 22 heavy (non-hydrogen) atoms. The molecule has 6 heteroatoms. The lowest BCUT2D eigenvalue weighted by Gasteiger charge is -2.39. The van der Waals surface area contributed by atoms with Crippen LogP contribution in [-0.2, 0) is 14.3 Å². The number of methoxy groups -OCH3 is 1. The van der Waals surface area contributed by atoms with Crippen LogP contribution in [0.25, 0.3) is 0 Å². The number of nitrogens with one attached hydrogen (secondary N) is 1. The molecule has 3 aliphatic rings. The van der Waals surface area contributed by atoms with Gasteiger partial charge < -0.3 is 19.7 Å². The molecule has 1 atom stereocenters. The molecular formula is C16H29N3O3. The van der Waals surface area contributed by atoms with Gasteiger partial charge in [-0.15, -0.1) is 0 Å². The highest BCUT2D eigenvalue weighted by Gasteiger charge is 2.44. The molecule has 3 heterocycles. The van der Waals surface area contributed by atoms with Crippen LogP contribution in [0.4, 0.5) is 0 Å². The summed E-state index contributed by atoms with van der Waals surface area (Å²) in [6.45, 7) is 7.78. The first kappa shape index (κ1) is 16.2. The summed E-state index contributed by atoms with van der Waals surface area (Å²) in [5, 5.41) is 3.36. The van der Waals surface area contributed by atoms with Gasteiger partial charge in [-0.2, -0.15) is 0 Å². The fraction of sp³-hybridized carbons (Fsp3) is 0.938. The summed E-state index contributed by atoms with van der Waals surface area (Å²) < 4.78 is 10.8. The van der Waals surface area contributed by atoms with E-state index in [9.17, 15) is 4.79 Å². The molecule has 0 aliphatic carbocycles. The van der Waals surface area contributed by atoms with Crippen LogP contribution in [0.3, 0.4) is 0 Å². The first-order valence-electron chi connectivity index (χ1n) is 8.56. The number of hydrogen-bond donors (Lipinski definition) is 1. The minimum Gasteiger partial charge on any atom is -0.384 e. The molecule has 3 saturated heterocycles. The number of carbonyl (C=O) groups is 1. The molecule has 1 amide bonds. The smallest absolute Gasteiger partial charge is 0.231 e. The van der Waals surface area contributed by atoms with E-state index in [4.69, 9.17) is 9.47 Å². The molecule has 0 aromatic heterocycles. The Morgan fingerprint density at radius 1 is 1.27 bits per heavy atom. The van der Waals surface area contributed by atoms with E-state index in [0.29, 0.717) is 18.6 Å². The lowest BCUT2D eigenvalue weighted by atomic mass is 9.78. The molecule has 3 aliphatic heterocycles. The van der Waals surface area contributed by atoms with E-state index < -0.39 is 0 Å². The summed E-state index contributed by atoms with van der Waals surface area (Å²) >= 11 is 0. The average molecular weight is 311 g/mol. The first-order valence-corrected chi connectivity index (χ1v) is 8.56. The minimum atomic E-state index is -0.306. The molecule has 0 saturated carbocycles. The molecule has 3 fully saturated rings. The fourth-order valence-electron chi connectivity index (χ4n) is 4.10. The van der Waals surface area contributed by atoms with Gasteiger partial charge in [0.1, 0.15) is 0 Å². The summed E-state index contributed by atoms with van der Waals surface area (Å²) in [4.78, 5) is 17.7. The van der Waals surface area contributed by atoms with Gasteiger partial charge >= 0.3 is 0 Å². The largest absolute Gasteiger partial charge is 0.384 e. The zero-order valence-corrected chi connectivity index (χ0v) is 13.7. The standard InChI is InChI=1S/C16H29N3O3/c1-21-13-16(3-5-17-6-4-16)15(20)19-7-2-14(12-19)18-8-10-22-11-9-18/h14,17H,2-13H2,1H3. The molecule has 6 nitrogen and oxygen atoms in total. The normalized spacial score (nSPS) is 29.7. The number of carbonyl (C=O) groups excluding carboxylic acids is 1. The molecule has 0 aromatic carbocycles. The molecule has 0 aromatic rings. The third kappa shape index (κ3) is 3.30. The van der Waals surface area contributed by atoms with Crippen LogP contribution >= 0.6 is 0 Å². The van der Waals surface area contributed by atoms with Gasteiger partial charge in [-0.3, -0.25) is 9.69 Å². The molecule has 3 rings (SSSR count). The van der Waals surface area contributed by atoms with E-state index in [0.717, 1.165) is 71.7 Å². The predicted molar refractivity (Wildman–Crippen MR) is 83.8 cm³/mol. The Labute approximate surface area is 133 Å². The number of ether oxygens (including phenoxy) is 2. The maximum Gasteiger partial charge on any atom is 0.231 e. The van der Waals surface area contributed by atoms with Crippen molar-refractivity contribution in [1.82, 2.24) is 15.1 Å². The van der Waals surface area contributed by atoms with Gasteiger partial charge in [0, 0.05) is 39.3 Å². The van der Waals surface area contributed by atoms with Gasteiger partial charge in [0.05, 0.1) is 25.2 Å². The molecule has 1 N–H and O–H groups in total. The van der Waals surface area contributed by atoms with Crippen molar-refractivity contribution in [2.45, 2.75) is 25.3 Å². The van der Waals surface area contributed by atoms with Crippen LogP contribution in [-0.4, -0.2) is 87.9 Å². The van der Waals surface area contributed by atoms with Crippen LogP contribution in [0.5, 0.6) is 0 Å². The Kier molecular flexibility index (Phi) is 5.33. The topological polar surface area (TPSA) is 54.0 Å². The van der Waals surface area contributed by atoms with Crippen LogP contribution in [0.1, 0.15) is 19.3 Å². The molecule has 0 spiro atoms. The van der Waals surface area contributed by atoms with Gasteiger partial charge in [-0.05, 0) is 32.4 Å². The van der Waals surface area contributed by atoms with Gasteiger partial charge in [0.15, 0.2) is 0 Å². The van der Waals surface area contributed by atoms with E-state index in [2.05, 4.69) is 15.1 Å². The van der Waals surface area contributed by atoms with E-state index in [1.54, 1.807) is 7.11 Å².